The summed E-state index contributed by atoms with van der Waals surface area (Å²) >= 11 is 1.66. The normalized spacial score (nSPS) is 12.5. The molecule has 2 N–H and O–H groups in total. The number of aryl methyl sites for hydroxylation is 3. The number of benzene rings is 2. The second kappa shape index (κ2) is 5.98. The van der Waals surface area contributed by atoms with Crippen LogP contribution >= 0.6 is 11.8 Å². The molecule has 0 heterocycles. The Balaban J connectivity index is 2.47. The molecule has 0 radical (unpaired) electrons. The Hall–Kier alpha value is -1.32. The highest BCUT2D eigenvalue weighted by molar-refractivity contribution is 7.99. The molecule has 0 saturated heterocycles. The maximum atomic E-state index is 13.7. The molecule has 2 aromatic carbocycles. The average molecular weight is 289 g/mol. The lowest BCUT2D eigenvalue weighted by atomic mass is 10.1. The summed E-state index contributed by atoms with van der Waals surface area (Å²) in [6, 6.07) is 9.64. The van der Waals surface area contributed by atoms with Gasteiger partial charge in [-0.1, -0.05) is 23.9 Å². The Bertz CT molecular complexity index is 635. The highest BCUT2D eigenvalue weighted by atomic mass is 32.2. The molecule has 0 aliphatic heterocycles. The molecule has 0 spiro atoms. The van der Waals surface area contributed by atoms with Gasteiger partial charge in [-0.25, -0.2) is 4.39 Å². The van der Waals surface area contributed by atoms with Gasteiger partial charge < -0.3 is 5.73 Å². The minimum absolute atomic E-state index is 0.183. The second-order valence-corrected chi connectivity index (χ2v) is 6.38. The van der Waals surface area contributed by atoms with Gasteiger partial charge in [-0.05, 0) is 68.1 Å². The molecule has 3 heteroatoms. The van der Waals surface area contributed by atoms with Crippen LogP contribution in [0.25, 0.3) is 0 Å². The van der Waals surface area contributed by atoms with Gasteiger partial charge >= 0.3 is 0 Å². The van der Waals surface area contributed by atoms with E-state index in [1.54, 1.807) is 24.8 Å². The molecule has 1 atom stereocenters. The quantitative estimate of drug-likeness (QED) is 0.867. The number of rotatable bonds is 3. The van der Waals surface area contributed by atoms with E-state index >= 15 is 0 Å². The SMILES string of the molecule is Cc1ccc(C)c(Sc2cc(C)c(F)cc2C(C)N)c1. The van der Waals surface area contributed by atoms with Crippen molar-refractivity contribution in [1.82, 2.24) is 0 Å². The van der Waals surface area contributed by atoms with Gasteiger partial charge in [0.2, 0.25) is 0 Å². The first-order valence-electron chi connectivity index (χ1n) is 6.69. The van der Waals surface area contributed by atoms with E-state index in [0.29, 0.717) is 5.56 Å². The molecule has 0 aromatic heterocycles. The van der Waals surface area contributed by atoms with E-state index in [9.17, 15) is 4.39 Å². The molecule has 0 fully saturated rings. The Morgan fingerprint density at radius 1 is 1.00 bits per heavy atom. The van der Waals surface area contributed by atoms with Gasteiger partial charge in [-0.15, -0.1) is 0 Å². The molecule has 0 aliphatic rings. The summed E-state index contributed by atoms with van der Waals surface area (Å²) in [5.41, 5.74) is 9.93. The summed E-state index contributed by atoms with van der Waals surface area (Å²) in [6.45, 7) is 7.83. The van der Waals surface area contributed by atoms with Crippen molar-refractivity contribution in [3.05, 3.63) is 58.4 Å². The summed E-state index contributed by atoms with van der Waals surface area (Å²) in [4.78, 5) is 2.23. The summed E-state index contributed by atoms with van der Waals surface area (Å²) in [5.74, 6) is -0.192. The van der Waals surface area contributed by atoms with E-state index in [-0.39, 0.29) is 11.9 Å². The molecular formula is C17H20FNS. The molecule has 0 aliphatic carbocycles. The lowest BCUT2D eigenvalue weighted by Crippen LogP contribution is -2.07. The van der Waals surface area contributed by atoms with Gasteiger partial charge in [0, 0.05) is 15.8 Å². The Morgan fingerprint density at radius 3 is 2.35 bits per heavy atom. The smallest absolute Gasteiger partial charge is 0.126 e. The van der Waals surface area contributed by atoms with E-state index in [2.05, 4.69) is 32.0 Å². The third-order valence-electron chi connectivity index (χ3n) is 3.35. The fraction of sp³-hybridized carbons (Fsp3) is 0.294. The predicted octanol–water partition coefficient (Wildman–Crippen LogP) is 4.92. The van der Waals surface area contributed by atoms with Crippen molar-refractivity contribution in [3.8, 4) is 0 Å². The predicted molar refractivity (Wildman–Crippen MR) is 83.8 cm³/mol. The average Bonchev–Trinajstić information content (AvgIpc) is 2.37. The van der Waals surface area contributed by atoms with Crippen molar-refractivity contribution in [2.24, 2.45) is 5.73 Å². The lowest BCUT2D eigenvalue weighted by molar-refractivity contribution is 0.610. The third-order valence-corrected chi connectivity index (χ3v) is 4.58. The van der Waals surface area contributed by atoms with Crippen LogP contribution in [0.15, 0.2) is 40.1 Å². The van der Waals surface area contributed by atoms with Crippen molar-refractivity contribution in [1.29, 1.82) is 0 Å². The molecule has 0 bridgehead atoms. The van der Waals surface area contributed by atoms with Crippen LogP contribution in [0.4, 0.5) is 4.39 Å². The summed E-state index contributed by atoms with van der Waals surface area (Å²) in [6.07, 6.45) is 0. The first-order chi connectivity index (χ1) is 9.38. The second-order valence-electron chi connectivity index (χ2n) is 5.30. The molecule has 1 unspecified atom stereocenters. The first kappa shape index (κ1) is 15.1. The molecule has 106 valence electrons. The molecule has 20 heavy (non-hydrogen) atoms. The fourth-order valence-corrected chi connectivity index (χ4v) is 3.36. The van der Waals surface area contributed by atoms with E-state index in [0.717, 1.165) is 10.5 Å². The van der Waals surface area contributed by atoms with Gasteiger partial charge in [-0.2, -0.15) is 0 Å². The summed E-state index contributed by atoms with van der Waals surface area (Å²) in [7, 11) is 0. The topological polar surface area (TPSA) is 26.0 Å². The van der Waals surface area contributed by atoms with Gasteiger partial charge in [0.05, 0.1) is 0 Å². The van der Waals surface area contributed by atoms with Crippen molar-refractivity contribution >= 4 is 11.8 Å². The molecule has 2 aromatic rings. The maximum absolute atomic E-state index is 13.7. The van der Waals surface area contributed by atoms with E-state index in [4.69, 9.17) is 5.73 Å². The molecule has 0 saturated carbocycles. The lowest BCUT2D eigenvalue weighted by Gasteiger charge is -2.15. The number of hydrogen-bond donors (Lipinski definition) is 1. The summed E-state index contributed by atoms with van der Waals surface area (Å²) in [5, 5.41) is 0. The number of halogens is 1. The fourth-order valence-electron chi connectivity index (χ4n) is 2.05. The Morgan fingerprint density at radius 2 is 1.70 bits per heavy atom. The minimum Gasteiger partial charge on any atom is -0.324 e. The van der Waals surface area contributed by atoms with Crippen LogP contribution in [0.2, 0.25) is 0 Å². The van der Waals surface area contributed by atoms with Crippen LogP contribution in [-0.2, 0) is 0 Å². The van der Waals surface area contributed by atoms with E-state index < -0.39 is 0 Å². The zero-order chi connectivity index (χ0) is 14.9. The summed E-state index contributed by atoms with van der Waals surface area (Å²) < 4.78 is 13.7. The van der Waals surface area contributed by atoms with Gasteiger partial charge in [0.25, 0.3) is 0 Å². The van der Waals surface area contributed by atoms with Crippen molar-refractivity contribution in [2.75, 3.05) is 0 Å². The standard InChI is InChI=1S/C17H20FNS/c1-10-5-6-11(2)16(7-10)20-17-8-12(3)15(18)9-14(17)13(4)19/h5-9,13H,19H2,1-4H3. The molecular weight excluding hydrogens is 269 g/mol. The van der Waals surface area contributed by atoms with E-state index in [1.165, 1.54) is 16.0 Å². The zero-order valence-corrected chi connectivity index (χ0v) is 13.1. The number of hydrogen-bond acceptors (Lipinski definition) is 2. The van der Waals surface area contributed by atoms with Crippen LogP contribution in [0.3, 0.4) is 0 Å². The largest absolute Gasteiger partial charge is 0.324 e. The Labute approximate surface area is 124 Å². The highest BCUT2D eigenvalue weighted by Crippen LogP contribution is 2.36. The first-order valence-corrected chi connectivity index (χ1v) is 7.51. The monoisotopic (exact) mass is 289 g/mol. The highest BCUT2D eigenvalue weighted by Gasteiger charge is 2.13. The van der Waals surface area contributed by atoms with Gasteiger partial charge in [-0.3, -0.25) is 0 Å². The minimum atomic E-state index is -0.192. The van der Waals surface area contributed by atoms with Crippen LogP contribution < -0.4 is 5.73 Å². The maximum Gasteiger partial charge on any atom is 0.126 e. The third kappa shape index (κ3) is 3.22. The molecule has 1 nitrogen and oxygen atoms in total. The van der Waals surface area contributed by atoms with Crippen molar-refractivity contribution in [2.45, 2.75) is 43.5 Å². The molecule has 0 amide bonds. The van der Waals surface area contributed by atoms with Gasteiger partial charge in [0.15, 0.2) is 0 Å². The Kier molecular flexibility index (Phi) is 4.51. The zero-order valence-electron chi connectivity index (χ0n) is 12.3. The van der Waals surface area contributed by atoms with Crippen LogP contribution in [0.1, 0.15) is 35.2 Å². The van der Waals surface area contributed by atoms with Crippen LogP contribution in [-0.4, -0.2) is 0 Å². The number of nitrogens with two attached hydrogens (primary N) is 1. The van der Waals surface area contributed by atoms with Crippen molar-refractivity contribution in [3.63, 3.8) is 0 Å². The van der Waals surface area contributed by atoms with Crippen molar-refractivity contribution < 1.29 is 4.39 Å². The van der Waals surface area contributed by atoms with Crippen LogP contribution in [0, 0.1) is 26.6 Å². The van der Waals surface area contributed by atoms with Gasteiger partial charge in [0.1, 0.15) is 5.82 Å². The molecule has 2 rings (SSSR count). The van der Waals surface area contributed by atoms with Crippen LogP contribution in [0.5, 0.6) is 0 Å². The van der Waals surface area contributed by atoms with E-state index in [1.807, 2.05) is 13.0 Å².